The molecule has 2 aliphatic rings. The summed E-state index contributed by atoms with van der Waals surface area (Å²) in [4.78, 5) is 6.79. The van der Waals surface area contributed by atoms with Crippen molar-refractivity contribution in [3.05, 3.63) is 23.9 Å². The van der Waals surface area contributed by atoms with Crippen LogP contribution in [-0.4, -0.2) is 29.1 Å². The average Bonchev–Trinajstić information content (AvgIpc) is 2.96. The Kier molecular flexibility index (Phi) is 3.51. The second-order valence-electron chi connectivity index (χ2n) is 6.08. The summed E-state index contributed by atoms with van der Waals surface area (Å²) >= 11 is 0. The lowest BCUT2D eigenvalue weighted by molar-refractivity contribution is 0.226. The van der Waals surface area contributed by atoms with Gasteiger partial charge in [-0.2, -0.15) is 0 Å². The molecule has 0 atom stereocenters. The van der Waals surface area contributed by atoms with Gasteiger partial charge in [0.1, 0.15) is 5.82 Å². The van der Waals surface area contributed by atoms with Gasteiger partial charge < -0.3 is 15.8 Å². The zero-order valence-electron chi connectivity index (χ0n) is 11.8. The van der Waals surface area contributed by atoms with E-state index < -0.39 is 0 Å². The molecule has 20 heavy (non-hydrogen) atoms. The second kappa shape index (κ2) is 5.31. The molecule has 2 fully saturated rings. The summed E-state index contributed by atoms with van der Waals surface area (Å²) in [5.41, 5.74) is 6.83. The Labute approximate surface area is 119 Å². The van der Waals surface area contributed by atoms with Crippen LogP contribution in [0.5, 0.6) is 0 Å². The lowest BCUT2D eigenvalue weighted by atomic mass is 9.77. The van der Waals surface area contributed by atoms with E-state index in [1.165, 1.54) is 38.5 Å². The van der Waals surface area contributed by atoms with Gasteiger partial charge in [-0.15, -0.1) is 0 Å². The normalized spacial score (nSPS) is 22.4. The van der Waals surface area contributed by atoms with Gasteiger partial charge in [-0.3, -0.25) is 0 Å². The molecule has 5 nitrogen and oxygen atoms in total. The molecule has 1 aromatic rings. The Morgan fingerprint density at radius 3 is 2.45 bits per heavy atom. The van der Waals surface area contributed by atoms with Gasteiger partial charge in [-0.1, -0.05) is 18.0 Å². The Bertz CT molecular complexity index is 481. The topological polar surface area (TPSA) is 74.7 Å². The number of hydrogen-bond donors (Lipinski definition) is 2. The molecule has 5 heteroatoms. The predicted octanol–water partition coefficient (Wildman–Crippen LogP) is 2.34. The van der Waals surface area contributed by atoms with Crippen LogP contribution < -0.4 is 10.6 Å². The fourth-order valence-electron chi connectivity index (χ4n) is 3.62. The number of amidine groups is 1. The molecule has 1 aliphatic carbocycles. The number of nitrogens with zero attached hydrogens (tertiary/aromatic N) is 3. The third kappa shape index (κ3) is 2.44. The first-order chi connectivity index (χ1) is 9.72. The quantitative estimate of drug-likeness (QED) is 0.376. The molecular formula is C15H22N4O. The fourth-order valence-corrected chi connectivity index (χ4v) is 3.62. The molecule has 1 saturated heterocycles. The zero-order chi connectivity index (χ0) is 14.0. The summed E-state index contributed by atoms with van der Waals surface area (Å²) < 4.78 is 0. The second-order valence-corrected chi connectivity index (χ2v) is 6.08. The minimum absolute atomic E-state index is 0.104. The van der Waals surface area contributed by atoms with E-state index in [0.29, 0.717) is 11.0 Å². The van der Waals surface area contributed by atoms with E-state index >= 15 is 0 Å². The van der Waals surface area contributed by atoms with Gasteiger partial charge in [-0.05, 0) is 43.2 Å². The number of nitrogens with two attached hydrogens (primary N) is 1. The molecular weight excluding hydrogens is 252 g/mol. The number of hydrogen-bond acceptors (Lipinski definition) is 4. The van der Waals surface area contributed by atoms with Gasteiger partial charge in [0.15, 0.2) is 5.84 Å². The summed E-state index contributed by atoms with van der Waals surface area (Å²) in [5.74, 6) is 1.10. The summed E-state index contributed by atoms with van der Waals surface area (Å²) in [7, 11) is 0. The van der Waals surface area contributed by atoms with Crippen LogP contribution in [-0.2, 0) is 0 Å². The van der Waals surface area contributed by atoms with Crippen molar-refractivity contribution in [1.29, 1.82) is 0 Å². The monoisotopic (exact) mass is 274 g/mol. The maximum atomic E-state index is 8.65. The van der Waals surface area contributed by atoms with Gasteiger partial charge in [0.2, 0.25) is 0 Å². The molecule has 3 rings (SSSR count). The van der Waals surface area contributed by atoms with Crippen LogP contribution in [0.1, 0.15) is 44.1 Å². The van der Waals surface area contributed by atoms with E-state index in [1.807, 2.05) is 12.1 Å². The van der Waals surface area contributed by atoms with E-state index in [0.717, 1.165) is 18.9 Å². The number of pyridine rings is 1. The van der Waals surface area contributed by atoms with Crippen LogP contribution in [0.2, 0.25) is 0 Å². The number of aromatic nitrogens is 1. The summed E-state index contributed by atoms with van der Waals surface area (Å²) in [5, 5.41) is 11.6. The van der Waals surface area contributed by atoms with Crippen molar-refractivity contribution in [2.75, 3.05) is 18.0 Å². The van der Waals surface area contributed by atoms with Crippen LogP contribution in [0.3, 0.4) is 0 Å². The molecule has 0 amide bonds. The fraction of sp³-hybridized carbons (Fsp3) is 0.600. The smallest absolute Gasteiger partial charge is 0.171 e. The Morgan fingerprint density at radius 2 is 1.90 bits per heavy atom. The molecule has 0 aromatic carbocycles. The maximum Gasteiger partial charge on any atom is 0.171 e. The van der Waals surface area contributed by atoms with Crippen molar-refractivity contribution in [2.24, 2.45) is 16.3 Å². The zero-order valence-corrected chi connectivity index (χ0v) is 11.8. The first-order valence-corrected chi connectivity index (χ1v) is 7.41. The van der Waals surface area contributed by atoms with Gasteiger partial charge in [-0.25, -0.2) is 4.98 Å². The minimum Gasteiger partial charge on any atom is -0.409 e. The number of rotatable bonds is 2. The molecule has 3 N–H and O–H groups in total. The molecule has 108 valence electrons. The van der Waals surface area contributed by atoms with E-state index in [2.05, 4.69) is 15.0 Å². The van der Waals surface area contributed by atoms with E-state index in [1.54, 1.807) is 6.20 Å². The first-order valence-electron chi connectivity index (χ1n) is 7.41. The SMILES string of the molecule is NC(=NO)c1ccc(N2CCC3(CCCC3)CC2)nc1. The summed E-state index contributed by atoms with van der Waals surface area (Å²) in [6.07, 6.45) is 9.89. The van der Waals surface area contributed by atoms with Gasteiger partial charge in [0, 0.05) is 24.8 Å². The Morgan fingerprint density at radius 1 is 1.20 bits per heavy atom. The average molecular weight is 274 g/mol. The van der Waals surface area contributed by atoms with Crippen LogP contribution in [0.4, 0.5) is 5.82 Å². The summed E-state index contributed by atoms with van der Waals surface area (Å²) in [6, 6.07) is 3.82. The lowest BCUT2D eigenvalue weighted by Crippen LogP contribution is -2.39. The number of anilines is 1. The first kappa shape index (κ1) is 13.2. The highest BCUT2D eigenvalue weighted by Gasteiger charge is 2.37. The van der Waals surface area contributed by atoms with E-state index in [4.69, 9.17) is 10.9 Å². The Balaban J connectivity index is 1.66. The highest BCUT2D eigenvalue weighted by Crippen LogP contribution is 2.46. The van der Waals surface area contributed by atoms with Crippen LogP contribution in [0, 0.1) is 5.41 Å². The van der Waals surface area contributed by atoms with Crippen molar-refractivity contribution >= 4 is 11.7 Å². The van der Waals surface area contributed by atoms with E-state index in [-0.39, 0.29) is 5.84 Å². The Hall–Kier alpha value is -1.78. The van der Waals surface area contributed by atoms with Gasteiger partial charge >= 0.3 is 0 Å². The minimum atomic E-state index is 0.104. The molecule has 1 aliphatic heterocycles. The standard InChI is InChI=1S/C15H22N4O/c16-14(18-20)12-3-4-13(17-11-12)19-9-7-15(8-10-19)5-1-2-6-15/h3-4,11,20H,1-2,5-10H2,(H2,16,18). The van der Waals surface area contributed by atoms with Crippen molar-refractivity contribution in [3.8, 4) is 0 Å². The highest BCUT2D eigenvalue weighted by atomic mass is 16.4. The summed E-state index contributed by atoms with van der Waals surface area (Å²) in [6.45, 7) is 2.19. The third-order valence-electron chi connectivity index (χ3n) is 4.96. The van der Waals surface area contributed by atoms with Crippen LogP contribution in [0.25, 0.3) is 0 Å². The molecule has 0 bridgehead atoms. The molecule has 1 spiro atoms. The third-order valence-corrected chi connectivity index (χ3v) is 4.96. The van der Waals surface area contributed by atoms with Crippen molar-refractivity contribution in [2.45, 2.75) is 38.5 Å². The van der Waals surface area contributed by atoms with Crippen molar-refractivity contribution < 1.29 is 5.21 Å². The molecule has 0 unspecified atom stereocenters. The lowest BCUT2D eigenvalue weighted by Gasteiger charge is -2.40. The number of oxime groups is 1. The van der Waals surface area contributed by atoms with E-state index in [9.17, 15) is 0 Å². The van der Waals surface area contributed by atoms with Crippen LogP contribution in [0.15, 0.2) is 23.5 Å². The molecule has 1 saturated carbocycles. The maximum absolute atomic E-state index is 8.65. The van der Waals surface area contributed by atoms with Crippen LogP contribution >= 0.6 is 0 Å². The molecule has 2 heterocycles. The van der Waals surface area contributed by atoms with Crippen molar-refractivity contribution in [3.63, 3.8) is 0 Å². The molecule has 1 aromatic heterocycles. The largest absolute Gasteiger partial charge is 0.409 e. The van der Waals surface area contributed by atoms with Crippen molar-refractivity contribution in [1.82, 2.24) is 4.98 Å². The van der Waals surface area contributed by atoms with Gasteiger partial charge in [0.25, 0.3) is 0 Å². The molecule has 0 radical (unpaired) electrons. The predicted molar refractivity (Wildman–Crippen MR) is 79.1 cm³/mol. The van der Waals surface area contributed by atoms with Gasteiger partial charge in [0.05, 0.1) is 0 Å². The highest BCUT2D eigenvalue weighted by molar-refractivity contribution is 5.96. The number of piperidine rings is 1.